The van der Waals surface area contributed by atoms with Gasteiger partial charge in [0, 0.05) is 43.8 Å². The first-order chi connectivity index (χ1) is 17.3. The number of β-amino-alcohol motifs (C(OH)–C–C–N with tert-alkyl or cyclic N) is 1. The summed E-state index contributed by atoms with van der Waals surface area (Å²) in [6.45, 7) is 3.54. The van der Waals surface area contributed by atoms with E-state index in [1.54, 1.807) is 11.0 Å². The molecule has 3 aliphatic heterocycles. The minimum absolute atomic E-state index is 0.00191. The lowest BCUT2D eigenvalue weighted by molar-refractivity contribution is -0.0835. The van der Waals surface area contributed by atoms with Gasteiger partial charge in [-0.05, 0) is 61.1 Å². The van der Waals surface area contributed by atoms with Gasteiger partial charge in [-0.2, -0.15) is 0 Å². The molecule has 1 atom stereocenters. The highest BCUT2D eigenvalue weighted by Crippen LogP contribution is 2.44. The summed E-state index contributed by atoms with van der Waals surface area (Å²) in [7, 11) is 0. The molecule has 2 aromatic carbocycles. The van der Waals surface area contributed by atoms with E-state index in [0.29, 0.717) is 44.6 Å². The van der Waals surface area contributed by atoms with Gasteiger partial charge in [0.05, 0.1) is 23.9 Å². The summed E-state index contributed by atoms with van der Waals surface area (Å²) in [4.78, 5) is 16.9. The number of carbonyl (C=O) groups is 1. The first-order valence-electron chi connectivity index (χ1n) is 12.6. The molecule has 3 N–H and O–H groups in total. The minimum Gasteiger partial charge on any atom is -0.508 e. The highest BCUT2D eigenvalue weighted by atomic mass is 35.5. The van der Waals surface area contributed by atoms with Crippen molar-refractivity contribution >= 4 is 17.5 Å². The molecule has 0 bridgehead atoms. The van der Waals surface area contributed by atoms with Crippen LogP contribution in [-0.2, 0) is 16.9 Å². The number of hydrogen-bond donors (Lipinski definition) is 3. The van der Waals surface area contributed by atoms with Gasteiger partial charge in [0.1, 0.15) is 24.2 Å². The minimum atomic E-state index is -0.759. The van der Waals surface area contributed by atoms with Crippen LogP contribution in [0.25, 0.3) is 0 Å². The number of amides is 1. The van der Waals surface area contributed by atoms with Gasteiger partial charge in [-0.15, -0.1) is 0 Å². The Hall–Kier alpha value is -2.36. The van der Waals surface area contributed by atoms with E-state index < -0.39 is 6.10 Å². The Morgan fingerprint density at radius 1 is 1.14 bits per heavy atom. The molecule has 2 fully saturated rings. The van der Waals surface area contributed by atoms with Crippen molar-refractivity contribution in [3.8, 4) is 11.5 Å². The number of phenolic OH excluding ortho intramolecular Hbond substituents is 1. The van der Waals surface area contributed by atoms with Crippen LogP contribution in [0, 0.1) is 0 Å². The number of phenols is 1. The molecule has 8 nitrogen and oxygen atoms in total. The maximum Gasteiger partial charge on any atom is 0.257 e. The highest BCUT2D eigenvalue weighted by molar-refractivity contribution is 6.30. The Labute approximate surface area is 216 Å². The van der Waals surface area contributed by atoms with Crippen LogP contribution in [0.2, 0.25) is 5.02 Å². The van der Waals surface area contributed by atoms with E-state index in [1.807, 2.05) is 12.1 Å². The molecule has 2 aromatic rings. The lowest BCUT2D eigenvalue weighted by Crippen LogP contribution is -2.46. The third kappa shape index (κ3) is 5.33. The predicted octanol–water partition coefficient (Wildman–Crippen LogP) is 2.90. The molecule has 0 aliphatic carbocycles. The van der Waals surface area contributed by atoms with Crippen molar-refractivity contribution in [2.24, 2.45) is 0 Å². The summed E-state index contributed by atoms with van der Waals surface area (Å²) >= 11 is 6.14. The second-order valence-electron chi connectivity index (χ2n) is 10.1. The average molecular weight is 517 g/mol. The number of ether oxygens (including phenoxy) is 2. The first kappa shape index (κ1) is 25.3. The summed E-state index contributed by atoms with van der Waals surface area (Å²) in [5, 5.41) is 31.1. The quantitative estimate of drug-likeness (QED) is 0.542. The lowest BCUT2D eigenvalue weighted by Gasteiger charge is -2.39. The van der Waals surface area contributed by atoms with E-state index in [-0.39, 0.29) is 35.7 Å². The molecule has 5 rings (SSSR count). The number of carbonyl (C=O) groups excluding carboxylic acids is 1. The van der Waals surface area contributed by atoms with Crippen molar-refractivity contribution in [3.63, 3.8) is 0 Å². The van der Waals surface area contributed by atoms with E-state index in [1.165, 1.54) is 17.7 Å². The normalized spacial score (nSPS) is 20.9. The maximum atomic E-state index is 13.0. The van der Waals surface area contributed by atoms with Crippen molar-refractivity contribution in [2.75, 3.05) is 39.3 Å². The third-order valence-corrected chi connectivity index (χ3v) is 7.81. The summed E-state index contributed by atoms with van der Waals surface area (Å²) in [6, 6.07) is 10.4. The number of nitrogens with zero attached hydrogens (tertiary/aromatic N) is 2. The third-order valence-electron chi connectivity index (χ3n) is 7.57. The fraction of sp³-hybridized carbons (Fsp3) is 0.519. The monoisotopic (exact) mass is 516 g/mol. The van der Waals surface area contributed by atoms with Crippen molar-refractivity contribution in [3.05, 3.63) is 58.1 Å². The summed E-state index contributed by atoms with van der Waals surface area (Å²) in [6.07, 6.45) is 1.62. The number of rotatable bonds is 6. The van der Waals surface area contributed by atoms with Gasteiger partial charge in [-0.25, -0.2) is 0 Å². The van der Waals surface area contributed by atoms with Gasteiger partial charge >= 0.3 is 0 Å². The van der Waals surface area contributed by atoms with Crippen molar-refractivity contribution in [1.29, 1.82) is 0 Å². The smallest absolute Gasteiger partial charge is 0.257 e. The number of piperidine rings is 2. The summed E-state index contributed by atoms with van der Waals surface area (Å²) < 4.78 is 12.1. The van der Waals surface area contributed by atoms with Crippen LogP contribution in [0.4, 0.5) is 0 Å². The van der Waals surface area contributed by atoms with Crippen LogP contribution in [-0.4, -0.2) is 82.6 Å². The molecule has 9 heteroatoms. The van der Waals surface area contributed by atoms with Gasteiger partial charge < -0.3 is 34.6 Å². The van der Waals surface area contributed by atoms with E-state index in [2.05, 4.69) is 11.0 Å². The molecule has 194 valence electrons. The van der Waals surface area contributed by atoms with Crippen molar-refractivity contribution in [2.45, 2.75) is 50.1 Å². The second kappa shape index (κ2) is 10.6. The molecular formula is C27H33ClN2O6. The molecule has 2 saturated heterocycles. The molecule has 1 spiro atoms. The van der Waals surface area contributed by atoms with Gasteiger partial charge in [0.2, 0.25) is 0 Å². The second-order valence-corrected chi connectivity index (χ2v) is 10.5. The van der Waals surface area contributed by atoms with Gasteiger partial charge in [0.25, 0.3) is 5.91 Å². The van der Waals surface area contributed by atoms with Gasteiger partial charge in [0.15, 0.2) is 0 Å². The van der Waals surface area contributed by atoms with Crippen LogP contribution < -0.4 is 4.74 Å². The lowest BCUT2D eigenvalue weighted by atomic mass is 9.84. The molecule has 0 aromatic heterocycles. The maximum absolute atomic E-state index is 13.0. The number of aromatic hydroxyl groups is 1. The Kier molecular flexibility index (Phi) is 7.42. The van der Waals surface area contributed by atoms with Gasteiger partial charge in [-0.1, -0.05) is 17.7 Å². The first-order valence-corrected chi connectivity index (χ1v) is 13.0. The largest absolute Gasteiger partial charge is 0.508 e. The Bertz CT molecular complexity index is 1100. The summed E-state index contributed by atoms with van der Waals surface area (Å²) in [5.74, 6) is 0.0350. The number of hydrogen-bond acceptors (Lipinski definition) is 7. The fourth-order valence-electron chi connectivity index (χ4n) is 5.51. The zero-order valence-corrected chi connectivity index (χ0v) is 21.0. The molecule has 0 saturated carbocycles. The Morgan fingerprint density at radius 2 is 1.89 bits per heavy atom. The SMILES string of the molecule is O=C(c1ccc(O)cc1OC[C@H](O)CN1CCC2(CC1)OCc1cc(Cl)ccc12)N1CCC(O)CC1. The topological polar surface area (TPSA) is 103 Å². The van der Waals surface area contributed by atoms with Crippen LogP contribution in [0.15, 0.2) is 36.4 Å². The number of aliphatic hydroxyl groups is 2. The van der Waals surface area contributed by atoms with Crippen molar-refractivity contribution < 1.29 is 29.6 Å². The van der Waals surface area contributed by atoms with Crippen LogP contribution >= 0.6 is 11.6 Å². The van der Waals surface area contributed by atoms with Crippen LogP contribution in [0.3, 0.4) is 0 Å². The van der Waals surface area contributed by atoms with Gasteiger partial charge in [-0.3, -0.25) is 4.79 Å². The van der Waals surface area contributed by atoms with E-state index in [0.717, 1.165) is 36.5 Å². The van der Waals surface area contributed by atoms with E-state index in [4.69, 9.17) is 21.1 Å². The van der Waals surface area contributed by atoms with Crippen LogP contribution in [0.1, 0.15) is 47.2 Å². The number of benzene rings is 2. The Balaban J connectivity index is 1.15. The Morgan fingerprint density at radius 3 is 2.64 bits per heavy atom. The molecule has 36 heavy (non-hydrogen) atoms. The molecule has 0 unspecified atom stereocenters. The van der Waals surface area contributed by atoms with Crippen molar-refractivity contribution in [1.82, 2.24) is 9.80 Å². The number of likely N-dealkylation sites (tertiary alicyclic amines) is 2. The fourth-order valence-corrected chi connectivity index (χ4v) is 5.71. The van der Waals surface area contributed by atoms with Crippen LogP contribution in [0.5, 0.6) is 11.5 Å². The van der Waals surface area contributed by atoms with E-state index in [9.17, 15) is 20.1 Å². The molecule has 0 radical (unpaired) electrons. The zero-order valence-electron chi connectivity index (χ0n) is 20.2. The molecular weight excluding hydrogens is 484 g/mol. The number of aliphatic hydroxyl groups excluding tert-OH is 2. The standard InChI is InChI=1S/C27H33ClN2O6/c28-19-1-4-24-18(13-19)16-36-27(24)7-11-29(12-8-27)15-22(33)17-35-25-14-21(32)2-3-23(25)26(34)30-9-5-20(31)6-10-30/h1-4,13-14,20,22,31-33H,5-12,15-17H2/t22-/m1/s1. The predicted molar refractivity (Wildman–Crippen MR) is 134 cm³/mol. The van der Waals surface area contributed by atoms with E-state index >= 15 is 0 Å². The molecule has 3 heterocycles. The zero-order chi connectivity index (χ0) is 25.3. The molecule has 3 aliphatic rings. The molecule has 1 amide bonds. The summed E-state index contributed by atoms with van der Waals surface area (Å²) in [5.41, 5.74) is 2.44. The average Bonchev–Trinajstić information content (AvgIpc) is 3.21. The number of halogens is 1. The number of fused-ring (bicyclic) bond motifs is 2. The highest BCUT2D eigenvalue weighted by Gasteiger charge is 2.42.